The first-order valence-electron chi connectivity index (χ1n) is 7.03. The van der Waals surface area contributed by atoms with Crippen LogP contribution in [0.4, 0.5) is 0 Å². The quantitative estimate of drug-likeness (QED) is 0.785. The first kappa shape index (κ1) is 12.3. The van der Waals surface area contributed by atoms with E-state index in [0.29, 0.717) is 6.04 Å². The van der Waals surface area contributed by atoms with Crippen molar-refractivity contribution < 1.29 is 0 Å². The first-order chi connectivity index (χ1) is 7.85. The summed E-state index contributed by atoms with van der Waals surface area (Å²) in [7, 11) is 0. The van der Waals surface area contributed by atoms with Crippen LogP contribution in [0.2, 0.25) is 0 Å². The van der Waals surface area contributed by atoms with Crippen LogP contribution in [0.25, 0.3) is 0 Å². The summed E-state index contributed by atoms with van der Waals surface area (Å²) in [6.45, 7) is 8.20. The van der Waals surface area contributed by atoms with Crippen molar-refractivity contribution in [2.24, 2.45) is 5.73 Å². The number of nitrogens with two attached hydrogens (primary N) is 1. The van der Waals surface area contributed by atoms with E-state index in [1.165, 1.54) is 58.3 Å². The molecular formula is C13H27N3. The molecule has 3 nitrogen and oxygen atoms in total. The molecule has 2 aliphatic heterocycles. The summed E-state index contributed by atoms with van der Waals surface area (Å²) in [5.74, 6) is 0. The molecule has 2 rings (SSSR count). The molecule has 0 spiro atoms. The SMILES string of the molecule is CCN1CCC(N2CCCCC2CN)CC1. The standard InChI is InChI=1S/C13H27N3/c1-2-15-9-6-12(7-10-15)16-8-4-3-5-13(16)11-14/h12-13H,2-11,14H2,1H3. The Labute approximate surface area is 100.0 Å². The molecular weight excluding hydrogens is 198 g/mol. The molecule has 0 aliphatic carbocycles. The molecule has 0 radical (unpaired) electrons. The molecule has 0 saturated carbocycles. The Morgan fingerprint density at radius 1 is 1.06 bits per heavy atom. The zero-order valence-electron chi connectivity index (χ0n) is 10.7. The highest BCUT2D eigenvalue weighted by Crippen LogP contribution is 2.24. The van der Waals surface area contributed by atoms with Gasteiger partial charge in [-0.3, -0.25) is 4.90 Å². The highest BCUT2D eigenvalue weighted by atomic mass is 15.2. The minimum absolute atomic E-state index is 0.673. The molecule has 1 unspecified atom stereocenters. The number of likely N-dealkylation sites (tertiary alicyclic amines) is 2. The van der Waals surface area contributed by atoms with Crippen LogP contribution in [-0.4, -0.2) is 54.6 Å². The lowest BCUT2D eigenvalue weighted by Crippen LogP contribution is -2.53. The van der Waals surface area contributed by atoms with E-state index >= 15 is 0 Å². The normalized spacial score (nSPS) is 30.8. The molecule has 2 saturated heterocycles. The van der Waals surface area contributed by atoms with Gasteiger partial charge in [-0.15, -0.1) is 0 Å². The Morgan fingerprint density at radius 2 is 1.81 bits per heavy atom. The van der Waals surface area contributed by atoms with Crippen molar-refractivity contribution in [2.75, 3.05) is 32.7 Å². The van der Waals surface area contributed by atoms with E-state index < -0.39 is 0 Å². The molecule has 94 valence electrons. The van der Waals surface area contributed by atoms with Crippen LogP contribution >= 0.6 is 0 Å². The van der Waals surface area contributed by atoms with Gasteiger partial charge in [0.05, 0.1) is 0 Å². The second kappa shape index (κ2) is 5.99. The van der Waals surface area contributed by atoms with Crippen molar-refractivity contribution >= 4 is 0 Å². The van der Waals surface area contributed by atoms with Gasteiger partial charge in [0.25, 0.3) is 0 Å². The molecule has 2 heterocycles. The summed E-state index contributed by atoms with van der Waals surface area (Å²) in [6, 6.07) is 1.49. The molecule has 2 aliphatic rings. The lowest BCUT2D eigenvalue weighted by atomic mass is 9.95. The third kappa shape index (κ3) is 2.76. The molecule has 1 atom stereocenters. The maximum Gasteiger partial charge on any atom is 0.0221 e. The average molecular weight is 225 g/mol. The van der Waals surface area contributed by atoms with Gasteiger partial charge in [0.1, 0.15) is 0 Å². The highest BCUT2D eigenvalue weighted by Gasteiger charge is 2.30. The monoisotopic (exact) mass is 225 g/mol. The fourth-order valence-corrected chi connectivity index (χ4v) is 3.32. The Balaban J connectivity index is 1.86. The Hall–Kier alpha value is -0.120. The molecule has 3 heteroatoms. The van der Waals surface area contributed by atoms with Crippen LogP contribution < -0.4 is 5.73 Å². The van der Waals surface area contributed by atoms with E-state index in [0.717, 1.165) is 12.6 Å². The maximum absolute atomic E-state index is 5.90. The van der Waals surface area contributed by atoms with Crippen molar-refractivity contribution in [3.05, 3.63) is 0 Å². The van der Waals surface area contributed by atoms with E-state index in [-0.39, 0.29) is 0 Å². The van der Waals surface area contributed by atoms with Crippen LogP contribution in [0.15, 0.2) is 0 Å². The minimum Gasteiger partial charge on any atom is -0.329 e. The van der Waals surface area contributed by atoms with Crippen LogP contribution in [0.1, 0.15) is 39.0 Å². The van der Waals surface area contributed by atoms with Gasteiger partial charge in [-0.1, -0.05) is 13.3 Å². The van der Waals surface area contributed by atoms with Gasteiger partial charge in [-0.05, 0) is 51.9 Å². The van der Waals surface area contributed by atoms with Gasteiger partial charge in [-0.25, -0.2) is 0 Å². The summed E-state index contributed by atoms with van der Waals surface area (Å²) in [5.41, 5.74) is 5.90. The van der Waals surface area contributed by atoms with E-state index in [9.17, 15) is 0 Å². The van der Waals surface area contributed by atoms with Crippen molar-refractivity contribution in [2.45, 2.75) is 51.1 Å². The van der Waals surface area contributed by atoms with E-state index in [1.54, 1.807) is 0 Å². The maximum atomic E-state index is 5.90. The third-order valence-electron chi connectivity index (χ3n) is 4.42. The second-order valence-electron chi connectivity index (χ2n) is 5.29. The van der Waals surface area contributed by atoms with Crippen LogP contribution in [0, 0.1) is 0 Å². The Kier molecular flexibility index (Phi) is 4.62. The molecule has 0 aromatic carbocycles. The predicted octanol–water partition coefficient (Wildman–Crippen LogP) is 1.28. The zero-order valence-corrected chi connectivity index (χ0v) is 10.7. The van der Waals surface area contributed by atoms with Crippen LogP contribution in [0.5, 0.6) is 0 Å². The predicted molar refractivity (Wildman–Crippen MR) is 68.5 cm³/mol. The van der Waals surface area contributed by atoms with E-state index in [2.05, 4.69) is 16.7 Å². The number of hydrogen-bond donors (Lipinski definition) is 1. The number of nitrogens with zero attached hydrogens (tertiary/aromatic N) is 2. The fraction of sp³-hybridized carbons (Fsp3) is 1.00. The molecule has 0 bridgehead atoms. The molecule has 0 amide bonds. The summed E-state index contributed by atoms with van der Waals surface area (Å²) in [4.78, 5) is 5.29. The van der Waals surface area contributed by atoms with Crippen molar-refractivity contribution in [3.63, 3.8) is 0 Å². The Bertz CT molecular complexity index is 199. The lowest BCUT2D eigenvalue weighted by Gasteiger charge is -2.44. The highest BCUT2D eigenvalue weighted by molar-refractivity contribution is 4.86. The number of piperidine rings is 2. The summed E-state index contributed by atoms with van der Waals surface area (Å²) < 4.78 is 0. The molecule has 2 N–H and O–H groups in total. The van der Waals surface area contributed by atoms with Gasteiger partial charge in [0.15, 0.2) is 0 Å². The molecule has 2 fully saturated rings. The lowest BCUT2D eigenvalue weighted by molar-refractivity contribution is 0.0550. The summed E-state index contributed by atoms with van der Waals surface area (Å²) in [6.07, 6.45) is 6.79. The molecule has 16 heavy (non-hydrogen) atoms. The fourth-order valence-electron chi connectivity index (χ4n) is 3.32. The first-order valence-corrected chi connectivity index (χ1v) is 7.03. The van der Waals surface area contributed by atoms with Crippen molar-refractivity contribution in [1.82, 2.24) is 9.80 Å². The van der Waals surface area contributed by atoms with E-state index in [4.69, 9.17) is 5.73 Å². The van der Waals surface area contributed by atoms with Gasteiger partial charge in [-0.2, -0.15) is 0 Å². The summed E-state index contributed by atoms with van der Waals surface area (Å²) >= 11 is 0. The second-order valence-corrected chi connectivity index (χ2v) is 5.29. The van der Waals surface area contributed by atoms with Crippen molar-refractivity contribution in [3.8, 4) is 0 Å². The van der Waals surface area contributed by atoms with Gasteiger partial charge in [0, 0.05) is 18.6 Å². The molecule has 0 aromatic heterocycles. The van der Waals surface area contributed by atoms with Crippen LogP contribution in [-0.2, 0) is 0 Å². The Morgan fingerprint density at radius 3 is 2.44 bits per heavy atom. The van der Waals surface area contributed by atoms with Gasteiger partial charge < -0.3 is 10.6 Å². The van der Waals surface area contributed by atoms with Crippen molar-refractivity contribution in [1.29, 1.82) is 0 Å². The van der Waals surface area contributed by atoms with E-state index in [1.807, 2.05) is 0 Å². The minimum atomic E-state index is 0.673. The van der Waals surface area contributed by atoms with Gasteiger partial charge >= 0.3 is 0 Å². The largest absolute Gasteiger partial charge is 0.329 e. The third-order valence-corrected chi connectivity index (χ3v) is 4.42. The topological polar surface area (TPSA) is 32.5 Å². The average Bonchev–Trinajstić information content (AvgIpc) is 2.39. The molecule has 0 aromatic rings. The number of rotatable bonds is 3. The van der Waals surface area contributed by atoms with Gasteiger partial charge in [0.2, 0.25) is 0 Å². The van der Waals surface area contributed by atoms with Crippen LogP contribution in [0.3, 0.4) is 0 Å². The number of hydrogen-bond acceptors (Lipinski definition) is 3. The smallest absolute Gasteiger partial charge is 0.0221 e. The summed E-state index contributed by atoms with van der Waals surface area (Å²) in [5, 5.41) is 0. The zero-order chi connectivity index (χ0) is 11.4.